The lowest BCUT2D eigenvalue weighted by Gasteiger charge is -2.27. The van der Waals surface area contributed by atoms with Gasteiger partial charge in [0.05, 0.1) is 17.3 Å². The maximum Gasteiger partial charge on any atom is 0.235 e. The number of pyridine rings is 1. The number of anilines is 1. The average Bonchev–Trinajstić information content (AvgIpc) is 3.67. The van der Waals surface area contributed by atoms with E-state index in [1.165, 1.54) is 0 Å². The van der Waals surface area contributed by atoms with E-state index in [2.05, 4.69) is 28.0 Å². The molecule has 5 rings (SSSR count). The van der Waals surface area contributed by atoms with Gasteiger partial charge < -0.3 is 20.7 Å². The molecule has 1 aromatic carbocycles. The molecule has 1 saturated heterocycles. The first-order valence-corrected chi connectivity index (χ1v) is 14.3. The van der Waals surface area contributed by atoms with Crippen molar-refractivity contribution in [1.82, 2.24) is 25.4 Å². The number of halogens is 1. The summed E-state index contributed by atoms with van der Waals surface area (Å²) in [5.74, 6) is -0.475. The van der Waals surface area contributed by atoms with E-state index >= 15 is 0 Å². The molecule has 1 saturated carbocycles. The van der Waals surface area contributed by atoms with Gasteiger partial charge in [-0.3, -0.25) is 9.59 Å². The SMILES string of the molecule is CCc1nc2c(cnn2CC)c(NC2CCOCC2)c1CNC(=O)C1(C(=O)NCc2ccc(Cl)c(C)c2)CC1. The molecule has 2 aromatic heterocycles. The van der Waals surface area contributed by atoms with Crippen LogP contribution in [-0.2, 0) is 40.4 Å². The van der Waals surface area contributed by atoms with Gasteiger partial charge in [-0.05, 0) is 63.1 Å². The van der Waals surface area contributed by atoms with Crippen LogP contribution in [0.1, 0.15) is 61.9 Å². The van der Waals surface area contributed by atoms with Crippen molar-refractivity contribution in [2.24, 2.45) is 5.41 Å². The average molecular weight is 553 g/mol. The fourth-order valence-electron chi connectivity index (χ4n) is 5.29. The van der Waals surface area contributed by atoms with Gasteiger partial charge in [-0.2, -0.15) is 5.10 Å². The van der Waals surface area contributed by atoms with E-state index in [1.54, 1.807) is 0 Å². The monoisotopic (exact) mass is 552 g/mol. The van der Waals surface area contributed by atoms with Crippen LogP contribution >= 0.6 is 11.6 Å². The Morgan fingerprint density at radius 1 is 1.13 bits per heavy atom. The number of hydrogen-bond acceptors (Lipinski definition) is 6. The molecule has 0 atom stereocenters. The van der Waals surface area contributed by atoms with Crippen LogP contribution in [0.25, 0.3) is 11.0 Å². The van der Waals surface area contributed by atoms with Crippen LogP contribution in [0.15, 0.2) is 24.4 Å². The standard InChI is InChI=1S/C29H37ClN6O3/c1-4-24-21(25(34-20-8-12-39-13-9-20)22-17-33-36(5-2)26(22)35-24)16-32-28(38)29(10-11-29)27(37)31-15-19-6-7-23(30)18(3)14-19/h6-7,14,17,20H,4-5,8-13,15-16H2,1-3H3,(H,31,37)(H,32,38)(H,34,35). The van der Waals surface area contributed by atoms with Crippen LogP contribution in [0.4, 0.5) is 5.69 Å². The number of aromatic nitrogens is 3. The predicted octanol–water partition coefficient (Wildman–Crippen LogP) is 4.28. The molecule has 10 heteroatoms. The number of amides is 2. The lowest BCUT2D eigenvalue weighted by molar-refractivity contribution is -0.137. The Kier molecular flexibility index (Phi) is 8.09. The number of carbonyl (C=O) groups excluding carboxylic acids is 2. The third-order valence-corrected chi connectivity index (χ3v) is 8.32. The minimum Gasteiger partial charge on any atom is -0.381 e. The summed E-state index contributed by atoms with van der Waals surface area (Å²) in [7, 11) is 0. The first kappa shape index (κ1) is 27.4. The first-order chi connectivity index (χ1) is 18.9. The second-order valence-corrected chi connectivity index (χ2v) is 10.9. The second kappa shape index (κ2) is 11.5. The highest BCUT2D eigenvalue weighted by Gasteiger charge is 2.56. The minimum absolute atomic E-state index is 0.235. The number of aryl methyl sites for hydroxylation is 3. The molecule has 3 N–H and O–H groups in total. The van der Waals surface area contributed by atoms with Crippen molar-refractivity contribution < 1.29 is 14.3 Å². The van der Waals surface area contributed by atoms with E-state index < -0.39 is 5.41 Å². The van der Waals surface area contributed by atoms with E-state index in [1.807, 2.05) is 42.9 Å². The van der Waals surface area contributed by atoms with Crippen LogP contribution in [0.2, 0.25) is 5.02 Å². The summed E-state index contributed by atoms with van der Waals surface area (Å²) >= 11 is 6.12. The molecule has 3 aromatic rings. The van der Waals surface area contributed by atoms with Gasteiger partial charge in [0.1, 0.15) is 5.41 Å². The van der Waals surface area contributed by atoms with Gasteiger partial charge in [0.15, 0.2) is 5.65 Å². The van der Waals surface area contributed by atoms with Gasteiger partial charge in [-0.25, -0.2) is 9.67 Å². The number of rotatable bonds is 10. The predicted molar refractivity (Wildman–Crippen MR) is 152 cm³/mol. The van der Waals surface area contributed by atoms with E-state index in [-0.39, 0.29) is 17.9 Å². The lowest BCUT2D eigenvalue weighted by atomic mass is 10.0. The zero-order valence-corrected chi connectivity index (χ0v) is 23.7. The quantitative estimate of drug-likeness (QED) is 0.324. The van der Waals surface area contributed by atoms with Gasteiger partial charge >= 0.3 is 0 Å². The molecule has 0 radical (unpaired) electrons. The summed E-state index contributed by atoms with van der Waals surface area (Å²) in [4.78, 5) is 31.5. The van der Waals surface area contributed by atoms with Crippen molar-refractivity contribution in [3.8, 4) is 0 Å². The van der Waals surface area contributed by atoms with Crippen molar-refractivity contribution in [2.45, 2.75) is 78.6 Å². The van der Waals surface area contributed by atoms with Crippen molar-refractivity contribution >= 4 is 40.1 Å². The minimum atomic E-state index is -1.02. The molecule has 39 heavy (non-hydrogen) atoms. The Morgan fingerprint density at radius 2 is 1.85 bits per heavy atom. The van der Waals surface area contributed by atoms with E-state index in [4.69, 9.17) is 21.3 Å². The summed E-state index contributed by atoms with van der Waals surface area (Å²) in [6.07, 6.45) is 5.47. The summed E-state index contributed by atoms with van der Waals surface area (Å²) in [6, 6.07) is 5.93. The first-order valence-electron chi connectivity index (χ1n) is 13.9. The molecule has 1 aliphatic heterocycles. The van der Waals surface area contributed by atoms with Gasteiger partial charge in [0, 0.05) is 55.2 Å². The van der Waals surface area contributed by atoms with Crippen molar-refractivity contribution in [2.75, 3.05) is 18.5 Å². The highest BCUT2D eigenvalue weighted by molar-refractivity contribution is 6.31. The Hall–Kier alpha value is -3.17. The molecule has 0 unspecified atom stereocenters. The molecule has 0 spiro atoms. The Morgan fingerprint density at radius 3 is 2.49 bits per heavy atom. The van der Waals surface area contributed by atoms with Gasteiger partial charge in [0.2, 0.25) is 11.8 Å². The molecule has 2 aliphatic rings. The number of nitrogens with one attached hydrogen (secondary N) is 3. The van der Waals surface area contributed by atoms with E-state index in [0.717, 1.165) is 71.7 Å². The fourth-order valence-corrected chi connectivity index (χ4v) is 5.41. The molecule has 2 amide bonds. The summed E-state index contributed by atoms with van der Waals surface area (Å²) in [5, 5.41) is 16.0. The highest BCUT2D eigenvalue weighted by atomic mass is 35.5. The molecular weight excluding hydrogens is 516 g/mol. The van der Waals surface area contributed by atoms with Crippen molar-refractivity contribution in [3.63, 3.8) is 0 Å². The molecule has 3 heterocycles. The van der Waals surface area contributed by atoms with Gasteiger partial charge in [-0.1, -0.05) is 30.7 Å². The molecule has 0 bridgehead atoms. The Balaban J connectivity index is 1.34. The fraction of sp³-hybridized carbons (Fsp3) is 0.517. The largest absolute Gasteiger partial charge is 0.381 e. The zero-order chi connectivity index (χ0) is 27.6. The van der Waals surface area contributed by atoms with Gasteiger partial charge in [0.25, 0.3) is 0 Å². The smallest absolute Gasteiger partial charge is 0.235 e. The number of fused-ring (bicyclic) bond motifs is 1. The number of benzene rings is 1. The van der Waals surface area contributed by atoms with Crippen LogP contribution in [0.5, 0.6) is 0 Å². The van der Waals surface area contributed by atoms with Crippen LogP contribution < -0.4 is 16.0 Å². The summed E-state index contributed by atoms with van der Waals surface area (Å²) in [6.45, 7) is 8.86. The molecule has 9 nitrogen and oxygen atoms in total. The number of ether oxygens (including phenoxy) is 1. The third kappa shape index (κ3) is 5.61. The zero-order valence-electron chi connectivity index (χ0n) is 22.9. The van der Waals surface area contributed by atoms with Crippen LogP contribution in [0.3, 0.4) is 0 Å². The Labute approximate surface area is 234 Å². The third-order valence-electron chi connectivity index (χ3n) is 7.90. The number of nitrogens with zero attached hydrogens (tertiary/aromatic N) is 3. The van der Waals surface area contributed by atoms with Crippen LogP contribution in [-0.4, -0.2) is 45.8 Å². The van der Waals surface area contributed by atoms with Crippen molar-refractivity contribution in [1.29, 1.82) is 0 Å². The molecule has 1 aliphatic carbocycles. The van der Waals surface area contributed by atoms with Crippen molar-refractivity contribution in [3.05, 3.63) is 51.8 Å². The maximum atomic E-state index is 13.4. The summed E-state index contributed by atoms with van der Waals surface area (Å²) < 4.78 is 7.46. The van der Waals surface area contributed by atoms with Gasteiger partial charge in [-0.15, -0.1) is 0 Å². The topological polar surface area (TPSA) is 110 Å². The molecule has 208 valence electrons. The number of hydrogen-bond donors (Lipinski definition) is 3. The van der Waals surface area contributed by atoms with Crippen LogP contribution in [0, 0.1) is 12.3 Å². The second-order valence-electron chi connectivity index (χ2n) is 10.5. The molecule has 2 fully saturated rings. The lowest BCUT2D eigenvalue weighted by Crippen LogP contribution is -2.42. The summed E-state index contributed by atoms with van der Waals surface area (Å²) in [5.41, 5.74) is 4.56. The Bertz CT molecular complexity index is 1380. The normalized spacial score (nSPS) is 16.7. The molecular formula is C29H37ClN6O3. The van der Waals surface area contributed by atoms with E-state index in [9.17, 15) is 9.59 Å². The van der Waals surface area contributed by atoms with E-state index in [0.29, 0.717) is 37.4 Å². The highest BCUT2D eigenvalue weighted by Crippen LogP contribution is 2.46. The number of carbonyl (C=O) groups is 2. The maximum absolute atomic E-state index is 13.4.